The van der Waals surface area contributed by atoms with E-state index in [-0.39, 0.29) is 0 Å². The molecule has 2 heterocycles. The van der Waals surface area contributed by atoms with Gasteiger partial charge in [0, 0.05) is 11.6 Å². The molecule has 82 valence electrons. The Morgan fingerprint density at radius 3 is 3.25 bits per heavy atom. The van der Waals surface area contributed by atoms with E-state index in [2.05, 4.69) is 4.98 Å². The summed E-state index contributed by atoms with van der Waals surface area (Å²) in [6.07, 6.45) is 3.87. The maximum absolute atomic E-state index is 5.64. The van der Waals surface area contributed by atoms with Gasteiger partial charge >= 0.3 is 0 Å². The summed E-state index contributed by atoms with van der Waals surface area (Å²) < 4.78 is 11.2. The van der Waals surface area contributed by atoms with E-state index in [0.29, 0.717) is 5.19 Å². The van der Waals surface area contributed by atoms with E-state index in [1.807, 2.05) is 23.6 Å². The first-order chi connectivity index (χ1) is 7.92. The Bertz CT molecular complexity index is 482. The fraction of sp³-hybridized carbons (Fsp3) is 0.250. The lowest BCUT2D eigenvalue weighted by atomic mass is 10.1. The van der Waals surface area contributed by atoms with Gasteiger partial charge in [0.05, 0.1) is 6.61 Å². The van der Waals surface area contributed by atoms with Crippen molar-refractivity contribution in [2.75, 3.05) is 6.61 Å². The monoisotopic (exact) mass is 233 g/mol. The summed E-state index contributed by atoms with van der Waals surface area (Å²) in [5.41, 5.74) is 1.22. The number of aromatic nitrogens is 1. The van der Waals surface area contributed by atoms with Gasteiger partial charge in [-0.3, -0.25) is 0 Å². The molecule has 0 N–H and O–H groups in total. The minimum absolute atomic E-state index is 0.677. The average molecular weight is 233 g/mol. The molecule has 0 saturated heterocycles. The number of fused-ring (bicyclic) bond motifs is 1. The van der Waals surface area contributed by atoms with Gasteiger partial charge in [-0.1, -0.05) is 11.3 Å². The lowest BCUT2D eigenvalue weighted by Crippen LogP contribution is -2.07. The first-order valence-electron chi connectivity index (χ1n) is 5.25. The Labute approximate surface area is 97.7 Å². The predicted molar refractivity (Wildman–Crippen MR) is 62.4 cm³/mol. The third kappa shape index (κ3) is 1.88. The smallest absolute Gasteiger partial charge is 0.278 e. The zero-order valence-electron chi connectivity index (χ0n) is 8.68. The maximum atomic E-state index is 5.64. The van der Waals surface area contributed by atoms with Crippen LogP contribution in [-0.2, 0) is 6.42 Å². The molecule has 0 atom stereocenters. The van der Waals surface area contributed by atoms with E-state index in [0.717, 1.165) is 30.9 Å². The first-order valence-corrected chi connectivity index (χ1v) is 6.13. The number of nitrogens with zero attached hydrogens (tertiary/aromatic N) is 1. The van der Waals surface area contributed by atoms with E-state index in [1.165, 1.54) is 16.9 Å². The summed E-state index contributed by atoms with van der Waals surface area (Å²) in [6, 6.07) is 5.93. The molecule has 16 heavy (non-hydrogen) atoms. The van der Waals surface area contributed by atoms with Crippen molar-refractivity contribution in [3.8, 4) is 16.7 Å². The molecule has 2 aromatic rings. The molecule has 0 aliphatic carbocycles. The number of hydrogen-bond acceptors (Lipinski definition) is 4. The van der Waals surface area contributed by atoms with Crippen molar-refractivity contribution in [2.45, 2.75) is 12.8 Å². The Morgan fingerprint density at radius 2 is 2.38 bits per heavy atom. The zero-order valence-corrected chi connectivity index (χ0v) is 9.50. The molecule has 1 aliphatic heterocycles. The lowest BCUT2D eigenvalue weighted by molar-refractivity contribution is 0.287. The van der Waals surface area contributed by atoms with E-state index in [9.17, 15) is 0 Å². The lowest BCUT2D eigenvalue weighted by Gasteiger charge is -2.17. The fourth-order valence-electron chi connectivity index (χ4n) is 1.76. The molecule has 0 amide bonds. The largest absolute Gasteiger partial charge is 0.493 e. The summed E-state index contributed by atoms with van der Waals surface area (Å²) in [7, 11) is 0. The topological polar surface area (TPSA) is 31.4 Å². The van der Waals surface area contributed by atoms with Gasteiger partial charge < -0.3 is 9.47 Å². The Hall–Kier alpha value is -1.55. The molecule has 4 heteroatoms. The zero-order chi connectivity index (χ0) is 10.8. The van der Waals surface area contributed by atoms with Gasteiger partial charge in [-0.05, 0) is 36.6 Å². The number of benzene rings is 1. The highest BCUT2D eigenvalue weighted by Gasteiger charge is 2.11. The van der Waals surface area contributed by atoms with Crippen LogP contribution in [0, 0.1) is 0 Å². The van der Waals surface area contributed by atoms with Crippen LogP contribution >= 0.6 is 11.3 Å². The van der Waals surface area contributed by atoms with Crippen LogP contribution in [0.2, 0.25) is 0 Å². The molecule has 0 fully saturated rings. The number of thiazole rings is 1. The minimum Gasteiger partial charge on any atom is -0.493 e. The van der Waals surface area contributed by atoms with Gasteiger partial charge in [0.15, 0.2) is 0 Å². The summed E-state index contributed by atoms with van der Waals surface area (Å²) in [5.74, 6) is 1.82. The van der Waals surface area contributed by atoms with Crippen LogP contribution in [0.3, 0.4) is 0 Å². The summed E-state index contributed by atoms with van der Waals surface area (Å²) >= 11 is 1.49. The standard InChI is InChI=1S/C12H11NO2S/c1-2-9-8-10(3-4-11(9)14-6-1)15-12-13-5-7-16-12/h3-5,7-8H,1-2,6H2. The molecule has 1 aromatic heterocycles. The van der Waals surface area contributed by atoms with Crippen LogP contribution in [0.4, 0.5) is 0 Å². The molecule has 1 aromatic carbocycles. The van der Waals surface area contributed by atoms with Gasteiger partial charge in [0.1, 0.15) is 11.5 Å². The second kappa shape index (κ2) is 4.14. The van der Waals surface area contributed by atoms with Crippen LogP contribution in [-0.4, -0.2) is 11.6 Å². The van der Waals surface area contributed by atoms with E-state index in [1.54, 1.807) is 6.20 Å². The Balaban J connectivity index is 1.86. The normalized spacial score (nSPS) is 14.0. The predicted octanol–water partition coefficient (Wildman–Crippen LogP) is 3.26. The first kappa shape index (κ1) is 9.66. The molecular weight excluding hydrogens is 222 g/mol. The average Bonchev–Trinajstić information content (AvgIpc) is 2.82. The highest BCUT2D eigenvalue weighted by atomic mass is 32.1. The summed E-state index contributed by atoms with van der Waals surface area (Å²) in [4.78, 5) is 4.09. The van der Waals surface area contributed by atoms with Gasteiger partial charge in [0.25, 0.3) is 5.19 Å². The van der Waals surface area contributed by atoms with Crippen LogP contribution in [0.1, 0.15) is 12.0 Å². The summed E-state index contributed by atoms with van der Waals surface area (Å²) in [6.45, 7) is 0.819. The van der Waals surface area contributed by atoms with Crippen molar-refractivity contribution < 1.29 is 9.47 Å². The molecular formula is C12H11NO2S. The Kier molecular flexibility index (Phi) is 2.50. The molecule has 0 saturated carbocycles. The Morgan fingerprint density at radius 1 is 1.38 bits per heavy atom. The quantitative estimate of drug-likeness (QED) is 0.797. The van der Waals surface area contributed by atoms with Crippen LogP contribution in [0.25, 0.3) is 0 Å². The SMILES string of the molecule is c1csc(Oc2ccc3c(c2)CCCO3)n1. The maximum Gasteiger partial charge on any atom is 0.278 e. The highest BCUT2D eigenvalue weighted by Crippen LogP contribution is 2.31. The van der Waals surface area contributed by atoms with Crippen LogP contribution in [0.15, 0.2) is 29.8 Å². The van der Waals surface area contributed by atoms with E-state index >= 15 is 0 Å². The van der Waals surface area contributed by atoms with Crippen LogP contribution in [0.5, 0.6) is 16.7 Å². The molecule has 0 unspecified atom stereocenters. The molecule has 0 spiro atoms. The van der Waals surface area contributed by atoms with Crippen molar-refractivity contribution in [3.05, 3.63) is 35.3 Å². The number of rotatable bonds is 2. The van der Waals surface area contributed by atoms with E-state index < -0.39 is 0 Å². The molecule has 3 rings (SSSR count). The summed E-state index contributed by atoms with van der Waals surface area (Å²) in [5, 5.41) is 2.58. The molecule has 0 bridgehead atoms. The van der Waals surface area contributed by atoms with Crippen LogP contribution < -0.4 is 9.47 Å². The van der Waals surface area contributed by atoms with Gasteiger partial charge in [0.2, 0.25) is 0 Å². The van der Waals surface area contributed by atoms with Crippen molar-refractivity contribution in [1.29, 1.82) is 0 Å². The molecule has 1 aliphatic rings. The van der Waals surface area contributed by atoms with Crippen molar-refractivity contribution in [2.24, 2.45) is 0 Å². The number of hydrogen-bond donors (Lipinski definition) is 0. The number of aryl methyl sites for hydroxylation is 1. The number of ether oxygens (including phenoxy) is 2. The van der Waals surface area contributed by atoms with Crippen molar-refractivity contribution >= 4 is 11.3 Å². The second-order valence-corrected chi connectivity index (χ2v) is 4.48. The van der Waals surface area contributed by atoms with Crippen molar-refractivity contribution in [1.82, 2.24) is 4.98 Å². The van der Waals surface area contributed by atoms with E-state index in [4.69, 9.17) is 9.47 Å². The third-order valence-electron chi connectivity index (χ3n) is 2.49. The molecule has 3 nitrogen and oxygen atoms in total. The van der Waals surface area contributed by atoms with Gasteiger partial charge in [-0.2, -0.15) is 0 Å². The molecule has 0 radical (unpaired) electrons. The van der Waals surface area contributed by atoms with Crippen molar-refractivity contribution in [3.63, 3.8) is 0 Å². The van der Waals surface area contributed by atoms with Gasteiger partial charge in [-0.25, -0.2) is 4.98 Å². The van der Waals surface area contributed by atoms with Gasteiger partial charge in [-0.15, -0.1) is 0 Å². The highest BCUT2D eigenvalue weighted by molar-refractivity contribution is 7.11. The second-order valence-electron chi connectivity index (χ2n) is 3.62. The minimum atomic E-state index is 0.677. The third-order valence-corrected chi connectivity index (χ3v) is 3.14. The fourth-order valence-corrected chi connectivity index (χ4v) is 2.27.